The van der Waals surface area contributed by atoms with E-state index in [2.05, 4.69) is 10.5 Å². The van der Waals surface area contributed by atoms with Crippen molar-refractivity contribution in [1.82, 2.24) is 5.43 Å². The first-order valence-electron chi connectivity index (χ1n) is 7.77. The first-order valence-corrected chi connectivity index (χ1v) is 7.77. The minimum Gasteiger partial charge on any atom is -0.507 e. The van der Waals surface area contributed by atoms with E-state index in [-0.39, 0.29) is 23.6 Å². The quantitative estimate of drug-likeness (QED) is 0.469. The lowest BCUT2D eigenvalue weighted by atomic mass is 10.1. The summed E-state index contributed by atoms with van der Waals surface area (Å²) in [7, 11) is 0. The van der Waals surface area contributed by atoms with Gasteiger partial charge in [-0.15, -0.1) is 0 Å². The standard InChI is InChI=1S/C18H19N3O5/c1-11-4-12(2)6-16(5-11)26-10-17(22)20-19-9-14-8-15(21(24)25)7-13(3)18(14)23/h4-9,23H,10H2,1-3H3,(H,20,22)/b19-9-. The minimum absolute atomic E-state index is 0.132. The number of nitrogens with one attached hydrogen (secondary N) is 1. The summed E-state index contributed by atoms with van der Waals surface area (Å²) in [6.07, 6.45) is 1.14. The number of hydrogen-bond donors (Lipinski definition) is 2. The monoisotopic (exact) mass is 357 g/mol. The summed E-state index contributed by atoms with van der Waals surface area (Å²) in [5, 5.41) is 24.5. The highest BCUT2D eigenvalue weighted by atomic mass is 16.6. The van der Waals surface area contributed by atoms with Crippen LogP contribution in [0.5, 0.6) is 11.5 Å². The van der Waals surface area contributed by atoms with Crippen LogP contribution in [0, 0.1) is 30.9 Å². The van der Waals surface area contributed by atoms with Gasteiger partial charge < -0.3 is 9.84 Å². The molecule has 2 rings (SSSR count). The van der Waals surface area contributed by atoms with Gasteiger partial charge in [0.05, 0.1) is 11.1 Å². The van der Waals surface area contributed by atoms with Crippen LogP contribution in [-0.4, -0.2) is 28.8 Å². The Hall–Kier alpha value is -3.42. The number of amides is 1. The van der Waals surface area contributed by atoms with Crippen LogP contribution in [0.3, 0.4) is 0 Å². The van der Waals surface area contributed by atoms with Crippen LogP contribution in [0.1, 0.15) is 22.3 Å². The molecule has 2 N–H and O–H groups in total. The largest absolute Gasteiger partial charge is 0.507 e. The Morgan fingerprint density at radius 2 is 1.88 bits per heavy atom. The molecule has 0 aromatic heterocycles. The van der Waals surface area contributed by atoms with Crippen LogP contribution in [0.2, 0.25) is 0 Å². The average molecular weight is 357 g/mol. The van der Waals surface area contributed by atoms with Crippen LogP contribution in [-0.2, 0) is 4.79 Å². The average Bonchev–Trinajstić information content (AvgIpc) is 2.55. The molecule has 0 aliphatic heterocycles. The van der Waals surface area contributed by atoms with Gasteiger partial charge >= 0.3 is 0 Å². The number of nitrogens with zero attached hydrogens (tertiary/aromatic N) is 2. The van der Waals surface area contributed by atoms with Crippen molar-refractivity contribution in [3.63, 3.8) is 0 Å². The van der Waals surface area contributed by atoms with Crippen LogP contribution < -0.4 is 10.2 Å². The van der Waals surface area contributed by atoms with Gasteiger partial charge in [-0.1, -0.05) is 6.07 Å². The molecule has 0 atom stereocenters. The predicted molar refractivity (Wildman–Crippen MR) is 96.6 cm³/mol. The lowest BCUT2D eigenvalue weighted by molar-refractivity contribution is -0.384. The Kier molecular flexibility index (Phi) is 5.90. The van der Waals surface area contributed by atoms with Crippen molar-refractivity contribution >= 4 is 17.8 Å². The fraction of sp³-hybridized carbons (Fsp3) is 0.222. The number of hydrogen-bond acceptors (Lipinski definition) is 6. The number of ether oxygens (including phenoxy) is 1. The molecule has 1 amide bonds. The van der Waals surface area contributed by atoms with E-state index in [1.54, 1.807) is 0 Å². The van der Waals surface area contributed by atoms with Gasteiger partial charge in [-0.25, -0.2) is 5.43 Å². The lowest BCUT2D eigenvalue weighted by Crippen LogP contribution is -2.24. The molecular weight excluding hydrogens is 338 g/mol. The van der Waals surface area contributed by atoms with E-state index in [4.69, 9.17) is 4.74 Å². The summed E-state index contributed by atoms with van der Waals surface area (Å²) in [4.78, 5) is 22.1. The van der Waals surface area contributed by atoms with Gasteiger partial charge in [0.1, 0.15) is 11.5 Å². The van der Waals surface area contributed by atoms with Crippen molar-refractivity contribution in [3.05, 3.63) is 62.7 Å². The number of carbonyl (C=O) groups excluding carboxylic acids is 1. The van der Waals surface area contributed by atoms with E-state index < -0.39 is 10.8 Å². The Morgan fingerprint density at radius 1 is 1.23 bits per heavy atom. The number of carbonyl (C=O) groups is 1. The minimum atomic E-state index is -0.569. The first-order chi connectivity index (χ1) is 12.3. The van der Waals surface area contributed by atoms with Gasteiger partial charge in [0.2, 0.25) is 0 Å². The van der Waals surface area contributed by atoms with Crippen molar-refractivity contribution in [2.45, 2.75) is 20.8 Å². The molecule has 8 nitrogen and oxygen atoms in total. The highest BCUT2D eigenvalue weighted by molar-refractivity contribution is 5.87. The molecule has 0 spiro atoms. The number of nitro benzene ring substituents is 1. The summed E-state index contributed by atoms with van der Waals surface area (Å²) in [6, 6.07) is 8.04. The van der Waals surface area contributed by atoms with Gasteiger partial charge in [0.25, 0.3) is 11.6 Å². The molecule has 8 heteroatoms. The first kappa shape index (κ1) is 18.9. The number of rotatable bonds is 6. The van der Waals surface area contributed by atoms with Crippen molar-refractivity contribution in [2.75, 3.05) is 6.61 Å². The van der Waals surface area contributed by atoms with Crippen molar-refractivity contribution in [3.8, 4) is 11.5 Å². The normalized spacial score (nSPS) is 10.7. The molecular formula is C18H19N3O5. The molecule has 0 heterocycles. The molecule has 2 aromatic carbocycles. The third-order valence-corrected chi connectivity index (χ3v) is 3.48. The molecule has 0 saturated heterocycles. The molecule has 136 valence electrons. The van der Waals surface area contributed by atoms with Crippen molar-refractivity contribution in [1.29, 1.82) is 0 Å². The molecule has 0 fully saturated rings. The Labute approximate surface area is 150 Å². The van der Waals surface area contributed by atoms with Crippen molar-refractivity contribution in [2.24, 2.45) is 5.10 Å². The SMILES string of the molecule is Cc1cc(C)cc(OCC(=O)N/N=C\c2cc([N+](=O)[O-])cc(C)c2O)c1. The van der Waals surface area contributed by atoms with E-state index in [1.165, 1.54) is 19.1 Å². The lowest BCUT2D eigenvalue weighted by Gasteiger charge is -2.07. The Morgan fingerprint density at radius 3 is 2.50 bits per heavy atom. The maximum absolute atomic E-state index is 11.8. The second-order valence-corrected chi connectivity index (χ2v) is 5.86. The molecule has 0 aliphatic rings. The summed E-state index contributed by atoms with van der Waals surface area (Å²) >= 11 is 0. The summed E-state index contributed by atoms with van der Waals surface area (Å²) in [5.41, 5.74) is 4.59. The number of benzene rings is 2. The van der Waals surface area contributed by atoms with Gasteiger partial charge in [0, 0.05) is 17.7 Å². The van der Waals surface area contributed by atoms with Gasteiger partial charge in [0.15, 0.2) is 6.61 Å². The van der Waals surface area contributed by atoms with Crippen LogP contribution in [0.4, 0.5) is 5.69 Å². The van der Waals surface area contributed by atoms with Crippen LogP contribution in [0.25, 0.3) is 0 Å². The number of hydrazone groups is 1. The molecule has 0 radical (unpaired) electrons. The second-order valence-electron chi connectivity index (χ2n) is 5.86. The Bertz CT molecular complexity index is 857. The fourth-order valence-electron chi connectivity index (χ4n) is 2.36. The predicted octanol–water partition coefficient (Wildman–Crippen LogP) is 2.75. The topological polar surface area (TPSA) is 114 Å². The number of phenols is 1. The summed E-state index contributed by atoms with van der Waals surface area (Å²) in [5.74, 6) is -0.0595. The number of non-ortho nitro benzene ring substituents is 1. The Balaban J connectivity index is 1.97. The smallest absolute Gasteiger partial charge is 0.277 e. The third-order valence-electron chi connectivity index (χ3n) is 3.48. The van der Waals surface area contributed by atoms with Crippen molar-refractivity contribution < 1.29 is 19.6 Å². The molecule has 2 aromatic rings. The van der Waals surface area contributed by atoms with E-state index in [1.807, 2.05) is 32.0 Å². The zero-order chi connectivity index (χ0) is 19.3. The maximum atomic E-state index is 11.8. The molecule has 0 saturated carbocycles. The van der Waals surface area contributed by atoms with Gasteiger partial charge in [-0.2, -0.15) is 5.10 Å². The molecule has 0 aliphatic carbocycles. The van der Waals surface area contributed by atoms with E-state index in [0.717, 1.165) is 17.3 Å². The zero-order valence-electron chi connectivity index (χ0n) is 14.6. The number of phenolic OH excluding ortho intramolecular Hbond substituents is 1. The number of aromatic hydroxyl groups is 1. The highest BCUT2D eigenvalue weighted by Gasteiger charge is 2.12. The third kappa shape index (κ3) is 5.04. The van der Waals surface area contributed by atoms with E-state index in [9.17, 15) is 20.0 Å². The summed E-state index contributed by atoms with van der Waals surface area (Å²) in [6.45, 7) is 5.16. The molecule has 26 heavy (non-hydrogen) atoms. The summed E-state index contributed by atoms with van der Waals surface area (Å²) < 4.78 is 5.40. The maximum Gasteiger partial charge on any atom is 0.277 e. The highest BCUT2D eigenvalue weighted by Crippen LogP contribution is 2.26. The van der Waals surface area contributed by atoms with Gasteiger partial charge in [-0.3, -0.25) is 14.9 Å². The molecule has 0 unspecified atom stereocenters. The van der Waals surface area contributed by atoms with Crippen LogP contribution in [0.15, 0.2) is 35.4 Å². The number of aryl methyl sites for hydroxylation is 3. The molecule has 0 bridgehead atoms. The van der Waals surface area contributed by atoms with E-state index >= 15 is 0 Å². The van der Waals surface area contributed by atoms with Gasteiger partial charge in [-0.05, 0) is 49.6 Å². The van der Waals surface area contributed by atoms with E-state index in [0.29, 0.717) is 11.3 Å². The fourth-order valence-corrected chi connectivity index (χ4v) is 2.36. The number of nitro groups is 1. The van der Waals surface area contributed by atoms with Crippen LogP contribution >= 0.6 is 0 Å². The second kappa shape index (κ2) is 8.11. The zero-order valence-corrected chi connectivity index (χ0v) is 14.6.